The van der Waals surface area contributed by atoms with E-state index in [-0.39, 0.29) is 48.4 Å². The second kappa shape index (κ2) is 14.0. The average molecular weight is 737 g/mol. The molecule has 0 spiro atoms. The minimum atomic E-state index is -3.76. The van der Waals surface area contributed by atoms with E-state index >= 15 is 0 Å². The Hall–Kier alpha value is -4.21. The first-order chi connectivity index (χ1) is 24.7. The van der Waals surface area contributed by atoms with Crippen molar-refractivity contribution >= 4 is 39.5 Å². The first-order valence-electron chi connectivity index (χ1n) is 18.2. The molecular formula is C37H48N6O8S. The number of sulfonamides is 1. The van der Waals surface area contributed by atoms with E-state index in [0.717, 1.165) is 50.3 Å². The van der Waals surface area contributed by atoms with Gasteiger partial charge in [0.25, 0.3) is 5.91 Å². The molecular weight excluding hydrogens is 689 g/mol. The Labute approximate surface area is 304 Å². The van der Waals surface area contributed by atoms with Gasteiger partial charge in [-0.3, -0.25) is 24.6 Å². The molecule has 0 saturated carbocycles. The fourth-order valence-corrected chi connectivity index (χ4v) is 9.98. The van der Waals surface area contributed by atoms with Crippen molar-refractivity contribution in [3.05, 3.63) is 53.6 Å². The molecule has 280 valence electrons. The predicted molar refractivity (Wildman–Crippen MR) is 192 cm³/mol. The van der Waals surface area contributed by atoms with Crippen LogP contribution < -0.4 is 15.0 Å². The van der Waals surface area contributed by atoms with Crippen LogP contribution in [0.25, 0.3) is 0 Å². The highest BCUT2D eigenvalue weighted by atomic mass is 32.2. The van der Waals surface area contributed by atoms with Gasteiger partial charge in [0.05, 0.1) is 4.90 Å². The lowest BCUT2D eigenvalue weighted by molar-refractivity contribution is -0.136. The van der Waals surface area contributed by atoms with Crippen LogP contribution in [0.3, 0.4) is 0 Å². The number of fused-ring (bicyclic) bond motifs is 1. The maximum Gasteiger partial charge on any atom is 0.407 e. The van der Waals surface area contributed by atoms with Crippen LogP contribution >= 0.6 is 0 Å². The van der Waals surface area contributed by atoms with Crippen molar-refractivity contribution in [2.24, 2.45) is 0 Å². The van der Waals surface area contributed by atoms with Crippen LogP contribution in [-0.4, -0.2) is 125 Å². The summed E-state index contributed by atoms with van der Waals surface area (Å²) in [6.45, 7) is 9.70. The van der Waals surface area contributed by atoms with Crippen LogP contribution in [0.1, 0.15) is 75.2 Å². The van der Waals surface area contributed by atoms with E-state index in [2.05, 4.69) is 21.2 Å². The van der Waals surface area contributed by atoms with Crippen LogP contribution in [0.15, 0.2) is 47.4 Å². The van der Waals surface area contributed by atoms with Crippen LogP contribution in [0.5, 0.6) is 5.75 Å². The lowest BCUT2D eigenvalue weighted by Crippen LogP contribution is -2.59. The molecule has 14 nitrogen and oxygen atoms in total. The molecule has 0 bridgehead atoms. The minimum Gasteiger partial charge on any atom is -0.488 e. The Bertz CT molecular complexity index is 1840. The standard InChI is InChI=1S/C37H48N6O8S/c1-37(2,3)43(36(47)48)26-13-17-41(18-14-26)52(49,50)30-6-4-5-28(20-30)51-29-22-40(23-29)25-11-15-39(16-12-25)27-7-8-31-24(19-27)21-42(35(31)46)32-9-10-33(44)38-34(32)45/h4-8,19-20,25-26,29,32H,9-18,21-23H2,1-3H3,(H,47,48)(H,38,44,45). The zero-order valence-electron chi connectivity index (χ0n) is 30.0. The van der Waals surface area contributed by atoms with Crippen molar-refractivity contribution in [1.29, 1.82) is 0 Å². The number of carbonyl (C=O) groups excluding carboxylic acids is 3. The topological polar surface area (TPSA) is 160 Å². The molecule has 2 aromatic carbocycles. The molecule has 4 saturated heterocycles. The highest BCUT2D eigenvalue weighted by Crippen LogP contribution is 2.34. The number of anilines is 1. The zero-order valence-corrected chi connectivity index (χ0v) is 30.8. The quantitative estimate of drug-likeness (QED) is 0.386. The number of likely N-dealkylation sites (tertiary alicyclic amines) is 1. The van der Waals surface area contributed by atoms with Gasteiger partial charge in [0.2, 0.25) is 21.8 Å². The molecule has 2 N–H and O–H groups in total. The molecule has 1 unspecified atom stereocenters. The van der Waals surface area contributed by atoms with Gasteiger partial charge in [0.1, 0.15) is 17.9 Å². The second-order valence-corrected chi connectivity index (χ2v) is 17.5. The SMILES string of the molecule is CC(C)(C)N(C(=O)O)C1CCN(S(=O)(=O)c2cccc(OC3CN(C4CCN(c5ccc6c(c5)CN(C5CCC(=O)NC5=O)C6=O)CC4)C3)c2)CC1. The maximum absolute atomic E-state index is 13.6. The van der Waals surface area contributed by atoms with Gasteiger partial charge in [0.15, 0.2) is 0 Å². The fraction of sp³-hybridized carbons (Fsp3) is 0.568. The van der Waals surface area contributed by atoms with Gasteiger partial charge in [-0.05, 0) is 88.8 Å². The van der Waals surface area contributed by atoms with E-state index < -0.39 is 33.6 Å². The number of amides is 4. The molecule has 15 heteroatoms. The number of carbonyl (C=O) groups is 4. The van der Waals surface area contributed by atoms with E-state index in [4.69, 9.17) is 4.74 Å². The number of nitrogens with zero attached hydrogens (tertiary/aromatic N) is 5. The van der Waals surface area contributed by atoms with E-state index in [1.807, 2.05) is 32.9 Å². The molecule has 52 heavy (non-hydrogen) atoms. The van der Waals surface area contributed by atoms with Crippen molar-refractivity contribution in [2.45, 2.75) is 101 Å². The Morgan fingerprint density at radius 2 is 1.65 bits per heavy atom. The van der Waals surface area contributed by atoms with Gasteiger partial charge in [-0.15, -0.1) is 0 Å². The van der Waals surface area contributed by atoms with E-state index in [1.165, 1.54) is 9.21 Å². The van der Waals surface area contributed by atoms with Gasteiger partial charge in [-0.1, -0.05) is 6.07 Å². The van der Waals surface area contributed by atoms with Crippen LogP contribution in [0.4, 0.5) is 10.5 Å². The Balaban J connectivity index is 0.881. The first kappa shape index (κ1) is 36.2. The number of ether oxygens (including phenoxy) is 1. The molecule has 5 aliphatic rings. The maximum atomic E-state index is 13.6. The summed E-state index contributed by atoms with van der Waals surface area (Å²) in [4.78, 5) is 57.0. The number of hydrogen-bond acceptors (Lipinski definition) is 9. The van der Waals surface area contributed by atoms with E-state index in [9.17, 15) is 32.7 Å². The number of nitrogens with one attached hydrogen (secondary N) is 1. The summed E-state index contributed by atoms with van der Waals surface area (Å²) in [6.07, 6.45) is 2.39. The molecule has 0 aliphatic carbocycles. The van der Waals surface area contributed by atoms with E-state index in [1.54, 1.807) is 29.2 Å². The third-order valence-electron chi connectivity index (χ3n) is 11.2. The monoisotopic (exact) mass is 736 g/mol. The third-order valence-corrected chi connectivity index (χ3v) is 13.1. The van der Waals surface area contributed by atoms with Gasteiger partial charge < -0.3 is 24.5 Å². The molecule has 5 heterocycles. The van der Waals surface area contributed by atoms with Crippen molar-refractivity contribution in [2.75, 3.05) is 44.2 Å². The number of rotatable bonds is 8. The summed E-state index contributed by atoms with van der Waals surface area (Å²) >= 11 is 0. The van der Waals surface area contributed by atoms with Gasteiger partial charge >= 0.3 is 6.09 Å². The molecule has 5 aliphatic heterocycles. The second-order valence-electron chi connectivity index (χ2n) is 15.6. The molecule has 4 amide bonds. The predicted octanol–water partition coefficient (Wildman–Crippen LogP) is 3.11. The van der Waals surface area contributed by atoms with Gasteiger partial charge in [-0.25, -0.2) is 13.2 Å². The summed E-state index contributed by atoms with van der Waals surface area (Å²) in [5.74, 6) is -0.350. The summed E-state index contributed by atoms with van der Waals surface area (Å²) in [6, 6.07) is 12.1. The zero-order chi connectivity index (χ0) is 36.9. The summed E-state index contributed by atoms with van der Waals surface area (Å²) < 4.78 is 34.8. The Kier molecular flexibility index (Phi) is 9.72. The molecule has 1 atom stereocenters. The van der Waals surface area contributed by atoms with Gasteiger partial charge in [-0.2, -0.15) is 4.31 Å². The molecule has 7 rings (SSSR count). The number of hydrogen-bond donors (Lipinski definition) is 2. The number of carboxylic acid groups (broad SMARTS) is 1. The summed E-state index contributed by atoms with van der Waals surface area (Å²) in [7, 11) is -3.76. The molecule has 0 aromatic heterocycles. The Morgan fingerprint density at radius 1 is 0.942 bits per heavy atom. The van der Waals surface area contributed by atoms with E-state index in [0.29, 0.717) is 43.2 Å². The average Bonchev–Trinajstić information content (AvgIpc) is 3.41. The highest BCUT2D eigenvalue weighted by molar-refractivity contribution is 7.89. The van der Waals surface area contributed by atoms with Crippen molar-refractivity contribution in [3.8, 4) is 5.75 Å². The number of benzene rings is 2. The van der Waals surface area contributed by atoms with Crippen LogP contribution in [-0.2, 0) is 26.2 Å². The fourth-order valence-electron chi connectivity index (χ4n) is 8.47. The summed E-state index contributed by atoms with van der Waals surface area (Å²) in [5, 5.41) is 12.1. The van der Waals surface area contributed by atoms with Gasteiger partial charge in [0, 0.05) is 87.2 Å². The first-order valence-corrected chi connectivity index (χ1v) is 19.7. The summed E-state index contributed by atoms with van der Waals surface area (Å²) in [5.41, 5.74) is 2.01. The smallest absolute Gasteiger partial charge is 0.407 e. The lowest BCUT2D eigenvalue weighted by Gasteiger charge is -2.47. The number of imide groups is 1. The molecule has 0 radical (unpaired) electrons. The Morgan fingerprint density at radius 3 is 2.31 bits per heavy atom. The van der Waals surface area contributed by atoms with Crippen molar-refractivity contribution in [3.63, 3.8) is 0 Å². The number of piperidine rings is 3. The molecule has 2 aromatic rings. The highest BCUT2D eigenvalue weighted by Gasteiger charge is 2.41. The van der Waals surface area contributed by atoms with Crippen LogP contribution in [0, 0.1) is 0 Å². The van der Waals surface area contributed by atoms with Crippen LogP contribution in [0.2, 0.25) is 0 Å². The normalized spacial score (nSPS) is 23.0. The largest absolute Gasteiger partial charge is 0.488 e. The third kappa shape index (κ3) is 7.09. The lowest BCUT2D eigenvalue weighted by atomic mass is 9.97. The molecule has 4 fully saturated rings. The van der Waals surface area contributed by atoms with Crippen molar-refractivity contribution in [1.82, 2.24) is 24.3 Å². The minimum absolute atomic E-state index is 0.0345. The van der Waals surface area contributed by atoms with Crippen molar-refractivity contribution < 1.29 is 37.4 Å².